The highest BCUT2D eigenvalue weighted by molar-refractivity contribution is 5.82. The van der Waals surface area contributed by atoms with Crippen molar-refractivity contribution >= 4 is 11.9 Å². The maximum Gasteiger partial charge on any atom is 0.313 e. The number of likely N-dealkylation sites (tertiary alicyclic amines) is 1. The number of hydrogen-bond donors (Lipinski definition) is 1. The summed E-state index contributed by atoms with van der Waals surface area (Å²) >= 11 is 0. The number of nitrogens with zero attached hydrogens (tertiary/aromatic N) is 1. The van der Waals surface area contributed by atoms with Gasteiger partial charge in [0.15, 0.2) is 0 Å². The van der Waals surface area contributed by atoms with Gasteiger partial charge in [0.1, 0.15) is 5.41 Å². The molecule has 21 heavy (non-hydrogen) atoms. The molecule has 3 fully saturated rings. The Bertz CT molecular complexity index is 414. The molecular weight excluding hydrogens is 270 g/mol. The van der Waals surface area contributed by atoms with Gasteiger partial charge in [0.25, 0.3) is 0 Å². The van der Waals surface area contributed by atoms with Gasteiger partial charge in [-0.15, -0.1) is 0 Å². The molecule has 1 saturated heterocycles. The van der Waals surface area contributed by atoms with Crippen LogP contribution in [0, 0.1) is 23.2 Å². The standard InChI is InChI=1S/C16H25NO4/c1-21-10-16(15(19)20)7-2-8-17(9-16)14(18)13(11-3-4-11)12-5-6-12/h11-13H,2-10H2,1H3,(H,19,20)/t16-/m0/s1. The van der Waals surface area contributed by atoms with Gasteiger partial charge in [-0.3, -0.25) is 9.59 Å². The van der Waals surface area contributed by atoms with Crippen molar-refractivity contribution < 1.29 is 19.4 Å². The van der Waals surface area contributed by atoms with Crippen molar-refractivity contribution in [3.63, 3.8) is 0 Å². The molecule has 1 atom stereocenters. The van der Waals surface area contributed by atoms with Crippen molar-refractivity contribution in [3.8, 4) is 0 Å². The number of carbonyl (C=O) groups excluding carboxylic acids is 1. The fraction of sp³-hybridized carbons (Fsp3) is 0.875. The van der Waals surface area contributed by atoms with Crippen LogP contribution in [-0.2, 0) is 14.3 Å². The van der Waals surface area contributed by atoms with Crippen LogP contribution < -0.4 is 0 Å². The van der Waals surface area contributed by atoms with Crippen LogP contribution in [0.25, 0.3) is 0 Å². The number of amides is 1. The number of ether oxygens (including phenoxy) is 1. The summed E-state index contributed by atoms with van der Waals surface area (Å²) in [6.45, 7) is 1.20. The zero-order valence-corrected chi connectivity index (χ0v) is 12.7. The topological polar surface area (TPSA) is 66.8 Å². The summed E-state index contributed by atoms with van der Waals surface area (Å²) in [5.41, 5.74) is -0.916. The molecule has 3 rings (SSSR count). The quantitative estimate of drug-likeness (QED) is 0.811. The summed E-state index contributed by atoms with van der Waals surface area (Å²) in [6.07, 6.45) is 6.03. The molecule has 1 N–H and O–H groups in total. The van der Waals surface area contributed by atoms with Gasteiger partial charge in [-0.25, -0.2) is 0 Å². The number of carboxylic acid groups (broad SMARTS) is 1. The number of piperidine rings is 1. The Morgan fingerprint density at radius 1 is 1.29 bits per heavy atom. The first-order chi connectivity index (χ1) is 10.1. The number of carboxylic acids is 1. The highest BCUT2D eigenvalue weighted by Gasteiger charge is 2.50. The number of carbonyl (C=O) groups is 2. The lowest BCUT2D eigenvalue weighted by atomic mass is 9.80. The van der Waals surface area contributed by atoms with Gasteiger partial charge in [0, 0.05) is 26.1 Å². The van der Waals surface area contributed by atoms with E-state index < -0.39 is 11.4 Å². The van der Waals surface area contributed by atoms with Crippen molar-refractivity contribution in [1.29, 1.82) is 0 Å². The Kier molecular flexibility index (Phi) is 3.95. The van der Waals surface area contributed by atoms with E-state index in [1.165, 1.54) is 32.8 Å². The number of methoxy groups -OCH3 is 1. The van der Waals surface area contributed by atoms with Gasteiger partial charge < -0.3 is 14.7 Å². The van der Waals surface area contributed by atoms with Crippen LogP contribution in [0.15, 0.2) is 0 Å². The molecule has 1 heterocycles. The molecular formula is C16H25NO4. The zero-order chi connectivity index (χ0) is 15.0. The van der Waals surface area contributed by atoms with Crippen molar-refractivity contribution in [2.24, 2.45) is 23.2 Å². The first kappa shape index (κ1) is 14.8. The lowest BCUT2D eigenvalue weighted by Crippen LogP contribution is -2.53. The predicted octanol–water partition coefficient (Wildman–Crippen LogP) is 1.76. The predicted molar refractivity (Wildman–Crippen MR) is 76.7 cm³/mol. The lowest BCUT2D eigenvalue weighted by molar-refractivity contribution is -0.160. The average Bonchev–Trinajstić information content (AvgIpc) is 3.34. The third-order valence-corrected chi connectivity index (χ3v) is 5.31. The summed E-state index contributed by atoms with van der Waals surface area (Å²) < 4.78 is 5.14. The molecule has 1 aliphatic heterocycles. The summed E-state index contributed by atoms with van der Waals surface area (Å²) in [7, 11) is 1.53. The molecule has 0 radical (unpaired) electrons. The maximum absolute atomic E-state index is 12.9. The molecule has 0 aromatic heterocycles. The number of aliphatic carboxylic acids is 1. The Morgan fingerprint density at radius 3 is 2.38 bits per heavy atom. The molecule has 1 amide bonds. The van der Waals surface area contributed by atoms with Gasteiger partial charge >= 0.3 is 5.97 Å². The molecule has 5 nitrogen and oxygen atoms in total. The van der Waals surface area contributed by atoms with Gasteiger partial charge in [-0.2, -0.15) is 0 Å². The van der Waals surface area contributed by atoms with Gasteiger partial charge in [0.2, 0.25) is 5.91 Å². The summed E-state index contributed by atoms with van der Waals surface area (Å²) in [6, 6.07) is 0. The van der Waals surface area contributed by atoms with E-state index in [0.29, 0.717) is 31.3 Å². The third kappa shape index (κ3) is 2.93. The minimum absolute atomic E-state index is 0.164. The van der Waals surface area contributed by atoms with E-state index >= 15 is 0 Å². The highest BCUT2D eigenvalue weighted by atomic mass is 16.5. The average molecular weight is 295 g/mol. The van der Waals surface area contributed by atoms with Crippen LogP contribution in [0.1, 0.15) is 38.5 Å². The largest absolute Gasteiger partial charge is 0.481 e. The van der Waals surface area contributed by atoms with Gasteiger partial charge in [0.05, 0.1) is 6.61 Å². The van der Waals surface area contributed by atoms with E-state index in [4.69, 9.17) is 4.74 Å². The fourth-order valence-corrected chi connectivity index (χ4v) is 3.86. The van der Waals surface area contributed by atoms with Crippen LogP contribution in [0.3, 0.4) is 0 Å². The van der Waals surface area contributed by atoms with Crippen molar-refractivity contribution in [2.45, 2.75) is 38.5 Å². The minimum Gasteiger partial charge on any atom is -0.481 e. The minimum atomic E-state index is -0.916. The second kappa shape index (κ2) is 5.59. The Morgan fingerprint density at radius 2 is 1.90 bits per heavy atom. The van der Waals surface area contributed by atoms with Gasteiger partial charge in [-0.1, -0.05) is 0 Å². The van der Waals surface area contributed by atoms with Crippen molar-refractivity contribution in [1.82, 2.24) is 4.90 Å². The first-order valence-electron chi connectivity index (χ1n) is 8.08. The molecule has 2 aliphatic carbocycles. The van der Waals surface area contributed by atoms with E-state index in [1.807, 2.05) is 4.90 Å². The van der Waals surface area contributed by atoms with E-state index in [1.54, 1.807) is 0 Å². The maximum atomic E-state index is 12.9. The normalized spacial score (nSPS) is 29.7. The van der Waals surface area contributed by atoms with Crippen LogP contribution in [0.2, 0.25) is 0 Å². The van der Waals surface area contributed by atoms with Crippen molar-refractivity contribution in [3.05, 3.63) is 0 Å². The SMILES string of the molecule is COC[C@]1(C(=O)O)CCCN(C(=O)C(C2CC2)C2CC2)C1. The summed E-state index contributed by atoms with van der Waals surface area (Å²) in [4.78, 5) is 26.4. The van der Waals surface area contributed by atoms with E-state index in [-0.39, 0.29) is 18.4 Å². The number of rotatable bonds is 6. The smallest absolute Gasteiger partial charge is 0.313 e. The molecule has 0 spiro atoms. The Labute approximate surface area is 125 Å². The molecule has 0 aromatic carbocycles. The van der Waals surface area contributed by atoms with Crippen LogP contribution in [-0.4, -0.2) is 48.7 Å². The van der Waals surface area contributed by atoms with Crippen LogP contribution >= 0.6 is 0 Å². The molecule has 0 aromatic rings. The Hall–Kier alpha value is -1.10. The molecule has 3 aliphatic rings. The summed E-state index contributed by atoms with van der Waals surface area (Å²) in [5.74, 6) is 0.664. The first-order valence-corrected chi connectivity index (χ1v) is 8.08. The monoisotopic (exact) mass is 295 g/mol. The Balaban J connectivity index is 1.72. The highest BCUT2D eigenvalue weighted by Crippen LogP contribution is 2.50. The van der Waals surface area contributed by atoms with Gasteiger partial charge in [-0.05, 0) is 50.4 Å². The molecule has 118 valence electrons. The molecule has 5 heteroatoms. The van der Waals surface area contributed by atoms with Crippen LogP contribution in [0.4, 0.5) is 0 Å². The van der Waals surface area contributed by atoms with Crippen LogP contribution in [0.5, 0.6) is 0 Å². The lowest BCUT2D eigenvalue weighted by Gasteiger charge is -2.40. The fourth-order valence-electron chi connectivity index (χ4n) is 3.86. The zero-order valence-electron chi connectivity index (χ0n) is 12.7. The molecule has 2 saturated carbocycles. The third-order valence-electron chi connectivity index (χ3n) is 5.31. The number of hydrogen-bond acceptors (Lipinski definition) is 3. The summed E-state index contributed by atoms with van der Waals surface area (Å²) in [5, 5.41) is 9.58. The second-order valence-electron chi connectivity index (χ2n) is 7.08. The molecule has 0 unspecified atom stereocenters. The van der Waals surface area contributed by atoms with Crippen molar-refractivity contribution in [2.75, 3.05) is 26.8 Å². The molecule has 0 bridgehead atoms. The van der Waals surface area contributed by atoms with E-state index in [9.17, 15) is 14.7 Å². The second-order valence-corrected chi connectivity index (χ2v) is 7.08. The van der Waals surface area contributed by atoms with E-state index in [0.717, 1.165) is 6.42 Å². The van der Waals surface area contributed by atoms with E-state index in [2.05, 4.69) is 0 Å².